The zero-order valence-electron chi connectivity index (χ0n) is 14.1. The number of pyridine rings is 1. The third-order valence-corrected chi connectivity index (χ3v) is 5.25. The molecular weight excluding hydrogens is 367 g/mol. The molecule has 1 aliphatic rings. The van der Waals surface area contributed by atoms with Gasteiger partial charge in [0.2, 0.25) is 0 Å². The predicted molar refractivity (Wildman–Crippen MR) is 89.7 cm³/mol. The van der Waals surface area contributed by atoms with Gasteiger partial charge in [0.1, 0.15) is 10.8 Å². The maximum absolute atomic E-state index is 13.0. The quantitative estimate of drug-likeness (QED) is 0.742. The highest BCUT2D eigenvalue weighted by atomic mass is 32.2. The number of hydrogen-bond donors (Lipinski definition) is 0. The van der Waals surface area contributed by atoms with E-state index in [9.17, 15) is 18.0 Å². The average Bonchev–Trinajstić information content (AvgIpc) is 3.04. The van der Waals surface area contributed by atoms with E-state index in [0.29, 0.717) is 40.8 Å². The van der Waals surface area contributed by atoms with Gasteiger partial charge in [-0.15, -0.1) is 0 Å². The molecule has 0 radical (unpaired) electrons. The predicted octanol–water partition coefficient (Wildman–Crippen LogP) is 4.08. The van der Waals surface area contributed by atoms with Gasteiger partial charge < -0.3 is 9.42 Å². The molecule has 3 rings (SSSR count). The molecule has 1 atom stereocenters. The minimum Gasteiger partial charge on any atom is -0.361 e. The molecule has 26 heavy (non-hydrogen) atoms. The summed E-state index contributed by atoms with van der Waals surface area (Å²) in [5.74, 6) is -0.735. The summed E-state index contributed by atoms with van der Waals surface area (Å²) in [6.45, 7) is 1.81. The van der Waals surface area contributed by atoms with Gasteiger partial charge in [0.05, 0.1) is 17.2 Å². The molecule has 5 nitrogen and oxygen atoms in total. The molecule has 0 bridgehead atoms. The number of piperidine rings is 1. The molecule has 0 aromatic carbocycles. The van der Waals surface area contributed by atoms with Crippen molar-refractivity contribution in [2.24, 2.45) is 5.92 Å². The summed E-state index contributed by atoms with van der Waals surface area (Å²) in [6, 6.07) is 5.00. The molecule has 1 aliphatic heterocycles. The molecule has 0 spiro atoms. The fourth-order valence-corrected chi connectivity index (χ4v) is 3.76. The van der Waals surface area contributed by atoms with Crippen LogP contribution in [0.3, 0.4) is 0 Å². The van der Waals surface area contributed by atoms with Crippen LogP contribution in [0.4, 0.5) is 13.2 Å². The van der Waals surface area contributed by atoms with Crippen LogP contribution in [-0.4, -0.2) is 40.2 Å². The number of thioether (sulfide) groups is 1. The molecule has 3 heterocycles. The summed E-state index contributed by atoms with van der Waals surface area (Å²) in [6.07, 6.45) is -2.32. The van der Waals surface area contributed by atoms with E-state index >= 15 is 0 Å². The lowest BCUT2D eigenvalue weighted by molar-refractivity contribution is -0.184. The smallest absolute Gasteiger partial charge is 0.361 e. The second-order valence-electron chi connectivity index (χ2n) is 6.21. The fourth-order valence-electron chi connectivity index (χ4n) is 2.90. The van der Waals surface area contributed by atoms with E-state index in [1.165, 1.54) is 16.7 Å². The first-order chi connectivity index (χ1) is 12.3. The molecule has 0 N–H and O–H groups in total. The first-order valence-corrected chi connectivity index (χ1v) is 9.19. The van der Waals surface area contributed by atoms with Gasteiger partial charge in [-0.2, -0.15) is 13.2 Å². The maximum atomic E-state index is 13.0. The van der Waals surface area contributed by atoms with Crippen molar-refractivity contribution in [3.8, 4) is 0 Å². The Kier molecular flexibility index (Phi) is 5.55. The Morgan fingerprint density at radius 3 is 2.96 bits per heavy atom. The number of nitrogens with zero attached hydrogens (tertiary/aromatic N) is 3. The number of rotatable bonds is 4. The maximum Gasteiger partial charge on any atom is 0.393 e. The molecule has 9 heteroatoms. The molecule has 1 amide bonds. The Morgan fingerprint density at radius 1 is 1.46 bits per heavy atom. The summed E-state index contributed by atoms with van der Waals surface area (Å²) in [5, 5.41) is 4.37. The Morgan fingerprint density at radius 2 is 2.27 bits per heavy atom. The van der Waals surface area contributed by atoms with E-state index in [-0.39, 0.29) is 13.0 Å². The summed E-state index contributed by atoms with van der Waals surface area (Å²) in [7, 11) is 0. The number of likely N-dealkylation sites (tertiary alicyclic amines) is 1. The first kappa shape index (κ1) is 18.8. The molecule has 2 aromatic heterocycles. The zero-order chi connectivity index (χ0) is 18.7. The number of carbonyl (C=O) groups is 1. The minimum absolute atomic E-state index is 0.0629. The SMILES string of the molecule is Cc1cc(CSc2ncccc2C(=O)N2CCCC(C(F)(F)F)C2)no1. The standard InChI is InChI=1S/C17H18F3N3O2S/c1-11-8-13(22-25-11)10-26-15-14(5-2-6-21-15)16(24)23-7-3-4-12(9-23)17(18,19)20/h2,5-6,8,12H,3-4,7,9-10H2,1H3. The van der Waals surface area contributed by atoms with Gasteiger partial charge in [-0.3, -0.25) is 4.79 Å². The topological polar surface area (TPSA) is 59.2 Å². The largest absolute Gasteiger partial charge is 0.393 e. The average molecular weight is 385 g/mol. The van der Waals surface area contributed by atoms with Gasteiger partial charge in [-0.25, -0.2) is 4.98 Å². The van der Waals surface area contributed by atoms with Crippen LogP contribution >= 0.6 is 11.8 Å². The highest BCUT2D eigenvalue weighted by Gasteiger charge is 2.43. The monoisotopic (exact) mass is 385 g/mol. The van der Waals surface area contributed by atoms with Crippen molar-refractivity contribution in [2.75, 3.05) is 13.1 Å². The van der Waals surface area contributed by atoms with E-state index in [0.717, 1.165) is 0 Å². The number of amides is 1. The lowest BCUT2D eigenvalue weighted by atomic mass is 9.97. The van der Waals surface area contributed by atoms with Crippen LogP contribution in [0.25, 0.3) is 0 Å². The van der Waals surface area contributed by atoms with Gasteiger partial charge >= 0.3 is 6.18 Å². The number of aryl methyl sites for hydroxylation is 1. The molecular formula is C17H18F3N3O2S. The summed E-state index contributed by atoms with van der Waals surface area (Å²) < 4.78 is 44.0. The normalized spacial score (nSPS) is 18.2. The number of alkyl halides is 3. The second-order valence-corrected chi connectivity index (χ2v) is 7.17. The molecule has 140 valence electrons. The second kappa shape index (κ2) is 7.69. The van der Waals surface area contributed by atoms with Crippen LogP contribution in [0.15, 0.2) is 33.9 Å². The van der Waals surface area contributed by atoms with Crippen LogP contribution in [0.5, 0.6) is 0 Å². The summed E-state index contributed by atoms with van der Waals surface area (Å²) >= 11 is 1.31. The van der Waals surface area contributed by atoms with Crippen molar-refractivity contribution in [1.82, 2.24) is 15.0 Å². The number of carbonyl (C=O) groups excluding carboxylic acids is 1. The first-order valence-electron chi connectivity index (χ1n) is 8.20. The van der Waals surface area contributed by atoms with Crippen molar-refractivity contribution < 1.29 is 22.5 Å². The Labute approximate surface area is 152 Å². The Bertz CT molecular complexity index is 779. The van der Waals surface area contributed by atoms with Crippen LogP contribution < -0.4 is 0 Å². The van der Waals surface area contributed by atoms with E-state index in [2.05, 4.69) is 10.1 Å². The van der Waals surface area contributed by atoms with Gasteiger partial charge in [0.15, 0.2) is 0 Å². The number of halogens is 3. The van der Waals surface area contributed by atoms with Crippen LogP contribution in [0, 0.1) is 12.8 Å². The van der Waals surface area contributed by atoms with Crippen molar-refractivity contribution in [3.05, 3.63) is 41.4 Å². The van der Waals surface area contributed by atoms with E-state index in [1.807, 2.05) is 0 Å². The van der Waals surface area contributed by atoms with E-state index in [1.54, 1.807) is 31.3 Å². The molecule has 1 unspecified atom stereocenters. The van der Waals surface area contributed by atoms with Crippen LogP contribution in [0.2, 0.25) is 0 Å². The lowest BCUT2D eigenvalue weighted by Crippen LogP contribution is -2.44. The van der Waals surface area contributed by atoms with Crippen molar-refractivity contribution in [1.29, 1.82) is 0 Å². The molecule has 1 fully saturated rings. The molecule has 1 saturated heterocycles. The minimum atomic E-state index is -4.28. The van der Waals surface area contributed by atoms with Gasteiger partial charge in [-0.1, -0.05) is 16.9 Å². The Balaban J connectivity index is 1.73. The van der Waals surface area contributed by atoms with E-state index in [4.69, 9.17) is 4.52 Å². The lowest BCUT2D eigenvalue weighted by Gasteiger charge is -2.34. The summed E-state index contributed by atoms with van der Waals surface area (Å²) in [4.78, 5) is 18.3. The van der Waals surface area contributed by atoms with Crippen molar-refractivity contribution >= 4 is 17.7 Å². The third-order valence-electron chi connectivity index (χ3n) is 4.21. The van der Waals surface area contributed by atoms with E-state index < -0.39 is 18.0 Å². The van der Waals surface area contributed by atoms with Crippen LogP contribution in [0.1, 0.15) is 34.7 Å². The van der Waals surface area contributed by atoms with Gasteiger partial charge in [-0.05, 0) is 31.9 Å². The third kappa shape index (κ3) is 4.38. The fraction of sp³-hybridized carbons (Fsp3) is 0.471. The number of hydrogen-bond acceptors (Lipinski definition) is 5. The van der Waals surface area contributed by atoms with Crippen molar-refractivity contribution in [3.63, 3.8) is 0 Å². The van der Waals surface area contributed by atoms with Crippen molar-refractivity contribution in [2.45, 2.75) is 36.7 Å². The highest BCUT2D eigenvalue weighted by Crippen LogP contribution is 2.34. The molecule has 2 aromatic rings. The van der Waals surface area contributed by atoms with Crippen LogP contribution in [-0.2, 0) is 5.75 Å². The number of aromatic nitrogens is 2. The zero-order valence-corrected chi connectivity index (χ0v) is 14.9. The molecule has 0 saturated carbocycles. The highest BCUT2D eigenvalue weighted by molar-refractivity contribution is 7.98. The summed E-state index contributed by atoms with van der Waals surface area (Å²) in [5.41, 5.74) is 1.03. The van der Waals surface area contributed by atoms with Gasteiger partial charge in [0, 0.05) is 31.1 Å². The Hall–Kier alpha value is -2.03. The van der Waals surface area contributed by atoms with Gasteiger partial charge in [0.25, 0.3) is 5.91 Å². The molecule has 0 aliphatic carbocycles.